The molecule has 0 aliphatic heterocycles. The van der Waals surface area contributed by atoms with Crippen molar-refractivity contribution in [1.29, 1.82) is 0 Å². The second kappa shape index (κ2) is 17.7. The number of para-hydroxylation sites is 1. The van der Waals surface area contributed by atoms with Crippen LogP contribution in [0.3, 0.4) is 0 Å². The predicted octanol–water partition coefficient (Wildman–Crippen LogP) is 8.09. The minimum atomic E-state index is -0.978. The van der Waals surface area contributed by atoms with Crippen LogP contribution in [0, 0.1) is 0 Å². The van der Waals surface area contributed by atoms with E-state index in [1.807, 2.05) is 74.5 Å². The Morgan fingerprint density at radius 3 is 2.09 bits per heavy atom. The van der Waals surface area contributed by atoms with Crippen LogP contribution in [0.25, 0.3) is 0 Å². The molecule has 4 heteroatoms. The standard InChI is InChI=1S/C27H33NO2.C2H6.CH3Cl/c1-6-7-10-15-21(2)20-25(23-16-11-8-12-17-23)22(3)28-26(29)27(4,5)30-24-18-13-9-14-19-24;2*1-2/h6-19,22,25H,1,20H2,2-5H3,(H,28,29);1-2H3;1H3/b10-7-,21-15+;;. The molecule has 1 N–H and O–H groups in total. The second-order valence-corrected chi connectivity index (χ2v) is 8.04. The first-order chi connectivity index (χ1) is 16.3. The molecule has 0 radical (unpaired) electrons. The van der Waals surface area contributed by atoms with Gasteiger partial charge in [-0.15, -0.1) is 11.6 Å². The van der Waals surface area contributed by atoms with Gasteiger partial charge in [-0.1, -0.05) is 98.8 Å². The number of carbonyl (C=O) groups excluding carboxylic acids is 1. The van der Waals surface area contributed by atoms with E-state index >= 15 is 0 Å². The molecule has 2 rings (SSSR count). The van der Waals surface area contributed by atoms with Gasteiger partial charge in [0.15, 0.2) is 5.60 Å². The average molecular weight is 484 g/mol. The Labute approximate surface area is 212 Å². The van der Waals surface area contributed by atoms with E-state index in [1.165, 1.54) is 17.5 Å². The maximum atomic E-state index is 13.0. The molecule has 2 aromatic carbocycles. The Bertz CT molecular complexity index is 873. The molecule has 34 heavy (non-hydrogen) atoms. The van der Waals surface area contributed by atoms with Crippen LogP contribution in [0.2, 0.25) is 0 Å². The molecule has 0 heterocycles. The topological polar surface area (TPSA) is 38.3 Å². The highest BCUT2D eigenvalue weighted by atomic mass is 35.5. The molecular weight excluding hydrogens is 442 g/mol. The van der Waals surface area contributed by atoms with Crippen molar-refractivity contribution in [3.63, 3.8) is 0 Å². The van der Waals surface area contributed by atoms with E-state index in [1.54, 1.807) is 19.9 Å². The van der Waals surface area contributed by atoms with Gasteiger partial charge in [0.05, 0.1) is 0 Å². The summed E-state index contributed by atoms with van der Waals surface area (Å²) in [6.45, 7) is 15.5. The smallest absolute Gasteiger partial charge is 0.263 e. The molecule has 0 saturated carbocycles. The number of ether oxygens (including phenoxy) is 1. The van der Waals surface area contributed by atoms with Crippen molar-refractivity contribution in [3.8, 4) is 5.75 Å². The third-order valence-electron chi connectivity index (χ3n) is 5.02. The predicted molar refractivity (Wildman–Crippen MR) is 149 cm³/mol. The Morgan fingerprint density at radius 1 is 1.03 bits per heavy atom. The van der Waals surface area contributed by atoms with Crippen molar-refractivity contribution in [2.45, 2.75) is 65.5 Å². The van der Waals surface area contributed by atoms with Crippen LogP contribution in [0.1, 0.15) is 59.4 Å². The highest BCUT2D eigenvalue weighted by molar-refractivity contribution is 6.15. The minimum absolute atomic E-state index is 0.0646. The molecule has 1 amide bonds. The summed E-state index contributed by atoms with van der Waals surface area (Å²) in [4.78, 5) is 13.0. The lowest BCUT2D eigenvalue weighted by Crippen LogP contribution is -2.50. The van der Waals surface area contributed by atoms with E-state index < -0.39 is 5.60 Å². The SMILES string of the molecule is C=C/C=C\C=C(/C)CC(c1ccccc1)C(C)NC(=O)C(C)(C)Oc1ccccc1.CC.CCl. The van der Waals surface area contributed by atoms with E-state index in [2.05, 4.69) is 55.6 Å². The fourth-order valence-electron chi connectivity index (χ4n) is 3.31. The molecule has 3 nitrogen and oxygen atoms in total. The van der Waals surface area contributed by atoms with E-state index in [-0.39, 0.29) is 17.9 Å². The minimum Gasteiger partial charge on any atom is -0.478 e. The lowest BCUT2D eigenvalue weighted by molar-refractivity contribution is -0.135. The average Bonchev–Trinajstić information content (AvgIpc) is 2.86. The van der Waals surface area contributed by atoms with Crippen molar-refractivity contribution < 1.29 is 9.53 Å². The first-order valence-corrected chi connectivity index (χ1v) is 12.5. The zero-order valence-corrected chi connectivity index (χ0v) is 22.6. The van der Waals surface area contributed by atoms with Crippen molar-refractivity contribution in [1.82, 2.24) is 5.32 Å². The summed E-state index contributed by atoms with van der Waals surface area (Å²) < 4.78 is 5.95. The van der Waals surface area contributed by atoms with Crippen LogP contribution >= 0.6 is 11.6 Å². The third kappa shape index (κ3) is 11.4. The molecule has 186 valence electrons. The second-order valence-electron chi connectivity index (χ2n) is 8.04. The summed E-state index contributed by atoms with van der Waals surface area (Å²) in [5, 5.41) is 3.19. The summed E-state index contributed by atoms with van der Waals surface area (Å²) in [7, 11) is 0. The molecule has 0 fully saturated rings. The van der Waals surface area contributed by atoms with Gasteiger partial charge in [0.25, 0.3) is 5.91 Å². The third-order valence-corrected chi connectivity index (χ3v) is 5.02. The van der Waals surface area contributed by atoms with Gasteiger partial charge in [-0.05, 0) is 51.8 Å². The number of nitrogens with one attached hydrogen (secondary N) is 1. The molecule has 0 bridgehead atoms. The highest BCUT2D eigenvalue weighted by Crippen LogP contribution is 2.28. The fraction of sp³-hybridized carbons (Fsp3) is 0.367. The van der Waals surface area contributed by atoms with Gasteiger partial charge >= 0.3 is 0 Å². The Balaban J connectivity index is 0.00000258. The number of rotatable bonds is 10. The molecule has 0 aliphatic carbocycles. The highest BCUT2D eigenvalue weighted by Gasteiger charge is 2.32. The van der Waals surface area contributed by atoms with Crippen LogP contribution in [0.15, 0.2) is 97.1 Å². The Morgan fingerprint density at radius 2 is 1.56 bits per heavy atom. The van der Waals surface area contributed by atoms with Crippen LogP contribution in [0.4, 0.5) is 0 Å². The zero-order valence-electron chi connectivity index (χ0n) is 21.8. The zero-order chi connectivity index (χ0) is 26.0. The van der Waals surface area contributed by atoms with Crippen molar-refractivity contribution in [2.24, 2.45) is 0 Å². The Kier molecular flexibility index (Phi) is 16.2. The Hall–Kier alpha value is -2.78. The number of hydrogen-bond donors (Lipinski definition) is 1. The van der Waals surface area contributed by atoms with Crippen molar-refractivity contribution in [2.75, 3.05) is 6.38 Å². The van der Waals surface area contributed by atoms with Gasteiger partial charge in [0.1, 0.15) is 5.75 Å². The number of amides is 1. The molecule has 2 atom stereocenters. The number of carbonyl (C=O) groups is 1. The van der Waals surface area contributed by atoms with E-state index in [0.717, 1.165) is 6.42 Å². The summed E-state index contributed by atoms with van der Waals surface area (Å²) >= 11 is 4.64. The van der Waals surface area contributed by atoms with Crippen molar-refractivity contribution >= 4 is 17.5 Å². The summed E-state index contributed by atoms with van der Waals surface area (Å²) in [6, 6.07) is 19.7. The summed E-state index contributed by atoms with van der Waals surface area (Å²) in [5.41, 5.74) is 1.46. The first kappa shape index (κ1) is 31.2. The van der Waals surface area contributed by atoms with Gasteiger partial charge in [-0.2, -0.15) is 0 Å². The monoisotopic (exact) mass is 483 g/mol. The number of allylic oxidation sites excluding steroid dienone is 5. The van der Waals surface area contributed by atoms with Crippen LogP contribution < -0.4 is 10.1 Å². The lowest BCUT2D eigenvalue weighted by atomic mass is 9.86. The quantitative estimate of drug-likeness (QED) is 0.274. The van der Waals surface area contributed by atoms with Crippen molar-refractivity contribution in [3.05, 3.63) is 103 Å². The number of alkyl halides is 1. The van der Waals surface area contributed by atoms with Crippen LogP contribution in [-0.2, 0) is 4.79 Å². The van der Waals surface area contributed by atoms with Crippen LogP contribution in [-0.4, -0.2) is 23.9 Å². The molecule has 0 aliphatic rings. The van der Waals surface area contributed by atoms with Gasteiger partial charge in [0, 0.05) is 18.3 Å². The van der Waals surface area contributed by atoms with E-state index in [4.69, 9.17) is 4.74 Å². The fourth-order valence-corrected chi connectivity index (χ4v) is 3.31. The molecule has 0 saturated heterocycles. The van der Waals surface area contributed by atoms with Gasteiger partial charge in [0.2, 0.25) is 0 Å². The van der Waals surface area contributed by atoms with Crippen LogP contribution in [0.5, 0.6) is 5.75 Å². The molecule has 0 spiro atoms. The molecular formula is C30H42ClNO2. The maximum Gasteiger partial charge on any atom is 0.263 e. The van der Waals surface area contributed by atoms with E-state index in [9.17, 15) is 4.79 Å². The summed E-state index contributed by atoms with van der Waals surface area (Å²) in [6.07, 6.45) is 10.1. The first-order valence-electron chi connectivity index (χ1n) is 11.8. The largest absolute Gasteiger partial charge is 0.478 e. The number of benzene rings is 2. The molecule has 0 aromatic heterocycles. The summed E-state index contributed by atoms with van der Waals surface area (Å²) in [5.74, 6) is 0.696. The van der Waals surface area contributed by atoms with Gasteiger partial charge < -0.3 is 10.1 Å². The van der Waals surface area contributed by atoms with E-state index in [0.29, 0.717) is 5.75 Å². The maximum absolute atomic E-state index is 13.0. The van der Waals surface area contributed by atoms with Gasteiger partial charge in [-0.25, -0.2) is 0 Å². The number of halogens is 1. The normalized spacial score (nSPS) is 12.9. The molecule has 2 aromatic rings. The van der Waals surface area contributed by atoms with Gasteiger partial charge in [-0.3, -0.25) is 4.79 Å². The lowest BCUT2D eigenvalue weighted by Gasteiger charge is -2.31. The molecule has 2 unspecified atom stereocenters. The number of hydrogen-bond acceptors (Lipinski definition) is 2.